The van der Waals surface area contributed by atoms with Crippen molar-refractivity contribution in [3.63, 3.8) is 0 Å². The number of carbonyl (C=O) groups excluding carboxylic acids is 5. The fourth-order valence-corrected chi connectivity index (χ4v) is 5.58. The second-order valence-electron chi connectivity index (χ2n) is 10.2. The topological polar surface area (TPSA) is 135 Å². The van der Waals surface area contributed by atoms with Crippen molar-refractivity contribution in [2.75, 3.05) is 19.8 Å². The molecule has 0 aromatic carbocycles. The fourth-order valence-electron chi connectivity index (χ4n) is 5.58. The van der Waals surface area contributed by atoms with E-state index >= 15 is 0 Å². The summed E-state index contributed by atoms with van der Waals surface area (Å²) in [5, 5.41) is 2.80. The maximum absolute atomic E-state index is 13.1. The van der Waals surface area contributed by atoms with Crippen LogP contribution in [-0.2, 0) is 19.1 Å². The average Bonchev–Trinajstić information content (AvgIpc) is 3.12. The molecule has 0 unspecified atom stereocenters. The van der Waals surface area contributed by atoms with Gasteiger partial charge in [0, 0.05) is 5.69 Å². The van der Waals surface area contributed by atoms with Gasteiger partial charge in [-0.05, 0) is 56.9 Å². The minimum Gasteiger partial charge on any atom is -0.462 e. The van der Waals surface area contributed by atoms with Crippen molar-refractivity contribution < 1.29 is 33.4 Å². The van der Waals surface area contributed by atoms with Crippen LogP contribution in [0.4, 0.5) is 4.79 Å². The lowest BCUT2D eigenvalue weighted by Gasteiger charge is -2.43. The van der Waals surface area contributed by atoms with Gasteiger partial charge in [-0.1, -0.05) is 20.8 Å². The first-order valence-corrected chi connectivity index (χ1v) is 11.5. The van der Waals surface area contributed by atoms with Gasteiger partial charge < -0.3 is 19.8 Å². The monoisotopic (exact) mass is 475 g/mol. The van der Waals surface area contributed by atoms with Gasteiger partial charge in [0.1, 0.15) is 12.1 Å². The fraction of sp³-hybridized carbons (Fsp3) is 0.625. The summed E-state index contributed by atoms with van der Waals surface area (Å²) in [6.45, 7) is 10.1. The van der Waals surface area contributed by atoms with Gasteiger partial charge in [0.2, 0.25) is 5.78 Å². The number of hydrogen-bond acceptors (Lipinski definition) is 7. The highest BCUT2D eigenvalue weighted by molar-refractivity contribution is 6.09. The van der Waals surface area contributed by atoms with E-state index in [0.717, 1.165) is 11.3 Å². The number of aryl methyl sites for hydroxylation is 1. The first-order valence-electron chi connectivity index (χ1n) is 11.5. The van der Waals surface area contributed by atoms with E-state index in [2.05, 4.69) is 24.1 Å². The summed E-state index contributed by atoms with van der Waals surface area (Å²) >= 11 is 0. The molecule has 1 saturated carbocycles. The van der Waals surface area contributed by atoms with Crippen LogP contribution >= 0.6 is 0 Å². The number of aromatic nitrogens is 1. The number of nitrogens with one attached hydrogen (secondary N) is 2. The normalized spacial score (nSPS) is 23.7. The van der Waals surface area contributed by atoms with Crippen LogP contribution in [0, 0.1) is 25.2 Å². The number of ketones is 1. The van der Waals surface area contributed by atoms with Gasteiger partial charge in [-0.25, -0.2) is 9.59 Å². The van der Waals surface area contributed by atoms with Crippen LogP contribution in [0.15, 0.2) is 0 Å². The highest BCUT2D eigenvalue weighted by Gasteiger charge is 2.56. The Bertz CT molecular complexity index is 1040. The Balaban J connectivity index is 1.63. The van der Waals surface area contributed by atoms with Gasteiger partial charge >= 0.3 is 18.0 Å². The van der Waals surface area contributed by atoms with E-state index in [1.807, 2.05) is 6.92 Å². The third-order valence-corrected chi connectivity index (χ3v) is 6.47. The summed E-state index contributed by atoms with van der Waals surface area (Å²) < 4.78 is 10.1. The van der Waals surface area contributed by atoms with Crippen molar-refractivity contribution in [1.82, 2.24) is 15.2 Å². The number of nitrogens with zero attached hydrogens (tertiary/aromatic N) is 1. The van der Waals surface area contributed by atoms with Crippen LogP contribution < -0.4 is 5.32 Å². The lowest BCUT2D eigenvalue weighted by Crippen LogP contribution is -2.54. The first-order chi connectivity index (χ1) is 15.8. The molecule has 1 aromatic rings. The number of H-pyrrole nitrogens is 1. The van der Waals surface area contributed by atoms with E-state index in [-0.39, 0.29) is 29.2 Å². The quantitative estimate of drug-likeness (QED) is 0.352. The molecule has 186 valence electrons. The first kappa shape index (κ1) is 25.5. The summed E-state index contributed by atoms with van der Waals surface area (Å²) in [7, 11) is 0. The highest BCUT2D eigenvalue weighted by Crippen LogP contribution is 2.46. The number of carbonyl (C=O) groups is 5. The molecule has 0 radical (unpaired) electrons. The lowest BCUT2D eigenvalue weighted by atomic mass is 9.64. The summed E-state index contributed by atoms with van der Waals surface area (Å²) in [4.78, 5) is 66.5. The Kier molecular flexibility index (Phi) is 6.91. The molecule has 10 heteroatoms. The van der Waals surface area contributed by atoms with Crippen LogP contribution in [0.5, 0.6) is 0 Å². The molecular formula is C24H33N3O7. The zero-order valence-electron chi connectivity index (χ0n) is 20.6. The van der Waals surface area contributed by atoms with Crippen molar-refractivity contribution in [2.45, 2.75) is 66.3 Å². The molecule has 2 fully saturated rings. The maximum atomic E-state index is 13.1. The van der Waals surface area contributed by atoms with Gasteiger partial charge in [-0.3, -0.25) is 19.3 Å². The molecular weight excluding hydrogens is 442 g/mol. The Morgan fingerprint density at radius 2 is 1.79 bits per heavy atom. The van der Waals surface area contributed by atoms with E-state index < -0.39 is 48.4 Å². The van der Waals surface area contributed by atoms with E-state index in [0.29, 0.717) is 24.1 Å². The number of hydrogen-bond donors (Lipinski definition) is 2. The Labute approximate surface area is 198 Å². The molecule has 0 bridgehead atoms. The van der Waals surface area contributed by atoms with E-state index in [1.54, 1.807) is 20.8 Å². The molecule has 1 saturated heterocycles. The van der Waals surface area contributed by atoms with Gasteiger partial charge in [-0.2, -0.15) is 0 Å². The van der Waals surface area contributed by atoms with Crippen molar-refractivity contribution >= 4 is 29.7 Å². The number of ether oxygens (including phenoxy) is 2. The van der Waals surface area contributed by atoms with E-state index in [9.17, 15) is 24.0 Å². The molecule has 1 aliphatic carbocycles. The minimum atomic E-state index is -1.02. The third kappa shape index (κ3) is 4.85. The van der Waals surface area contributed by atoms with Crippen molar-refractivity contribution in [2.24, 2.45) is 11.3 Å². The molecule has 10 nitrogen and oxygen atoms in total. The largest absolute Gasteiger partial charge is 0.462 e. The number of amides is 3. The molecule has 2 atom stereocenters. The summed E-state index contributed by atoms with van der Waals surface area (Å²) in [6, 6.07) is -0.631. The molecule has 3 rings (SSSR count). The zero-order valence-corrected chi connectivity index (χ0v) is 20.6. The zero-order chi connectivity index (χ0) is 25.4. The Morgan fingerprint density at radius 1 is 1.12 bits per heavy atom. The Hall–Kier alpha value is -3.17. The minimum absolute atomic E-state index is 0.127. The number of Topliss-reactive ketones (excluding diaryl/α,β-unsaturated/α-hetero) is 1. The summed E-state index contributed by atoms with van der Waals surface area (Å²) in [6.07, 6.45) is 1.95. The lowest BCUT2D eigenvalue weighted by molar-refractivity contribution is -0.147. The molecule has 2 heterocycles. The SMILES string of the molecule is CCOC(=O)c1c(C)[nH]c(C(=O)COC(=O)CN2C(=O)N[C@]3(C[C@@H](C)CC(C)(C)C3)C2=O)c1C. The van der Waals surface area contributed by atoms with Crippen LogP contribution in [0.2, 0.25) is 0 Å². The molecule has 2 aliphatic rings. The Morgan fingerprint density at radius 3 is 2.41 bits per heavy atom. The predicted molar refractivity (Wildman–Crippen MR) is 121 cm³/mol. The average molecular weight is 476 g/mol. The van der Waals surface area contributed by atoms with Crippen molar-refractivity contribution in [1.29, 1.82) is 0 Å². The van der Waals surface area contributed by atoms with Gasteiger partial charge in [0.25, 0.3) is 5.91 Å². The van der Waals surface area contributed by atoms with Crippen LogP contribution in [0.1, 0.15) is 79.1 Å². The second-order valence-corrected chi connectivity index (χ2v) is 10.2. The van der Waals surface area contributed by atoms with Gasteiger partial charge in [-0.15, -0.1) is 0 Å². The maximum Gasteiger partial charge on any atom is 0.340 e. The van der Waals surface area contributed by atoms with Crippen LogP contribution in [0.25, 0.3) is 0 Å². The second kappa shape index (κ2) is 9.23. The van der Waals surface area contributed by atoms with Crippen LogP contribution in [0.3, 0.4) is 0 Å². The summed E-state index contributed by atoms with van der Waals surface area (Å²) in [5.74, 6) is -2.15. The molecule has 3 amide bonds. The number of rotatable bonds is 7. The smallest absolute Gasteiger partial charge is 0.340 e. The summed E-state index contributed by atoms with van der Waals surface area (Å²) in [5.41, 5.74) is 0.142. The standard InChI is InChI=1S/C24H33N3O7/c1-7-33-20(30)18-14(3)19(25-15(18)4)16(28)11-34-17(29)10-27-21(31)24(26-22(27)32)9-13(2)8-23(5,6)12-24/h13,25H,7-12H2,1-6H3,(H,26,32)/t13-,24-/m0/s1. The predicted octanol–water partition coefficient (Wildman–Crippen LogP) is 2.67. The highest BCUT2D eigenvalue weighted by atomic mass is 16.5. The number of aromatic amines is 1. The number of esters is 2. The van der Waals surface area contributed by atoms with Crippen molar-refractivity contribution in [3.8, 4) is 0 Å². The third-order valence-electron chi connectivity index (χ3n) is 6.47. The van der Waals surface area contributed by atoms with Crippen LogP contribution in [-0.4, -0.2) is 64.8 Å². The molecule has 2 N–H and O–H groups in total. The molecule has 1 aromatic heterocycles. The molecule has 34 heavy (non-hydrogen) atoms. The van der Waals surface area contributed by atoms with Gasteiger partial charge in [0.05, 0.1) is 17.9 Å². The number of imide groups is 1. The molecule has 1 aliphatic heterocycles. The van der Waals surface area contributed by atoms with Crippen molar-refractivity contribution in [3.05, 3.63) is 22.5 Å². The van der Waals surface area contributed by atoms with E-state index in [1.165, 1.54) is 0 Å². The number of urea groups is 1. The molecule has 1 spiro atoms. The van der Waals surface area contributed by atoms with E-state index in [4.69, 9.17) is 9.47 Å². The van der Waals surface area contributed by atoms with Gasteiger partial charge in [0.15, 0.2) is 6.61 Å².